The molecule has 1 aromatic heterocycles. The van der Waals surface area contributed by atoms with Gasteiger partial charge in [0.2, 0.25) is 5.91 Å². The molecule has 0 saturated carbocycles. The second kappa shape index (κ2) is 8.70. The zero-order chi connectivity index (χ0) is 19.4. The first-order chi connectivity index (χ1) is 12.9. The Kier molecular flexibility index (Phi) is 6.32. The van der Waals surface area contributed by atoms with Crippen LogP contribution in [-0.2, 0) is 17.8 Å². The third kappa shape index (κ3) is 4.98. The SMILES string of the molecule is Cc1noc(C)c1CN1CCN(C(=O)CCc2ccc(C(C)C)cc2)CC1. The number of amides is 1. The topological polar surface area (TPSA) is 49.6 Å². The molecule has 0 N–H and O–H groups in total. The van der Waals surface area contributed by atoms with Crippen LogP contribution in [0.25, 0.3) is 0 Å². The highest BCUT2D eigenvalue weighted by Crippen LogP contribution is 2.18. The summed E-state index contributed by atoms with van der Waals surface area (Å²) in [7, 11) is 0. The lowest BCUT2D eigenvalue weighted by atomic mass is 10.00. The van der Waals surface area contributed by atoms with Gasteiger partial charge >= 0.3 is 0 Å². The maximum absolute atomic E-state index is 12.6. The summed E-state index contributed by atoms with van der Waals surface area (Å²) in [5.41, 5.74) is 4.73. The van der Waals surface area contributed by atoms with E-state index in [-0.39, 0.29) is 5.91 Å². The second-order valence-corrected chi connectivity index (χ2v) is 7.86. The van der Waals surface area contributed by atoms with Gasteiger partial charge in [-0.05, 0) is 37.3 Å². The van der Waals surface area contributed by atoms with Crippen molar-refractivity contribution >= 4 is 5.91 Å². The van der Waals surface area contributed by atoms with Gasteiger partial charge in [0.1, 0.15) is 5.76 Å². The fourth-order valence-corrected chi connectivity index (χ4v) is 3.59. The highest BCUT2D eigenvalue weighted by molar-refractivity contribution is 5.76. The molecule has 1 aromatic carbocycles. The molecule has 0 bridgehead atoms. The van der Waals surface area contributed by atoms with E-state index in [2.05, 4.69) is 48.2 Å². The maximum Gasteiger partial charge on any atom is 0.222 e. The number of hydrogen-bond acceptors (Lipinski definition) is 4. The van der Waals surface area contributed by atoms with Crippen LogP contribution in [0.5, 0.6) is 0 Å². The van der Waals surface area contributed by atoms with E-state index in [1.54, 1.807) is 0 Å². The summed E-state index contributed by atoms with van der Waals surface area (Å²) in [5.74, 6) is 1.71. The van der Waals surface area contributed by atoms with Gasteiger partial charge in [0.05, 0.1) is 5.69 Å². The number of benzene rings is 1. The smallest absolute Gasteiger partial charge is 0.222 e. The van der Waals surface area contributed by atoms with Gasteiger partial charge < -0.3 is 9.42 Å². The zero-order valence-electron chi connectivity index (χ0n) is 17.0. The fourth-order valence-electron chi connectivity index (χ4n) is 3.59. The van der Waals surface area contributed by atoms with Crippen molar-refractivity contribution in [2.75, 3.05) is 26.2 Å². The first-order valence-electron chi connectivity index (χ1n) is 9.94. The molecule has 1 amide bonds. The predicted molar refractivity (Wildman–Crippen MR) is 107 cm³/mol. The largest absolute Gasteiger partial charge is 0.361 e. The molecule has 0 atom stereocenters. The van der Waals surface area contributed by atoms with Crippen LogP contribution in [0, 0.1) is 13.8 Å². The summed E-state index contributed by atoms with van der Waals surface area (Å²) >= 11 is 0. The van der Waals surface area contributed by atoms with Crippen molar-refractivity contribution in [3.8, 4) is 0 Å². The Morgan fingerprint density at radius 3 is 2.33 bits per heavy atom. The van der Waals surface area contributed by atoms with E-state index in [0.717, 1.165) is 50.6 Å². The second-order valence-electron chi connectivity index (χ2n) is 7.86. The Morgan fingerprint density at radius 2 is 1.78 bits per heavy atom. The van der Waals surface area contributed by atoms with Gasteiger partial charge in [-0.25, -0.2) is 0 Å². The van der Waals surface area contributed by atoms with Gasteiger partial charge in [0, 0.05) is 44.7 Å². The first kappa shape index (κ1) is 19.6. The van der Waals surface area contributed by atoms with Crippen LogP contribution >= 0.6 is 0 Å². The number of nitrogens with zero attached hydrogens (tertiary/aromatic N) is 3. The fraction of sp³-hybridized carbons (Fsp3) is 0.545. The quantitative estimate of drug-likeness (QED) is 0.779. The summed E-state index contributed by atoms with van der Waals surface area (Å²) in [6.07, 6.45) is 1.40. The summed E-state index contributed by atoms with van der Waals surface area (Å²) < 4.78 is 5.25. The number of carbonyl (C=O) groups excluding carboxylic acids is 1. The normalized spacial score (nSPS) is 15.5. The molecule has 5 nitrogen and oxygen atoms in total. The molecule has 2 aromatic rings. The van der Waals surface area contributed by atoms with Gasteiger partial charge in [0.25, 0.3) is 0 Å². The van der Waals surface area contributed by atoms with Crippen LogP contribution in [0.3, 0.4) is 0 Å². The number of piperazine rings is 1. The van der Waals surface area contributed by atoms with Crippen molar-refractivity contribution < 1.29 is 9.32 Å². The number of aryl methyl sites for hydroxylation is 3. The Hall–Kier alpha value is -2.14. The number of rotatable bonds is 6. The first-order valence-corrected chi connectivity index (χ1v) is 9.94. The van der Waals surface area contributed by atoms with Crippen LogP contribution < -0.4 is 0 Å². The van der Waals surface area contributed by atoms with Crippen LogP contribution in [0.15, 0.2) is 28.8 Å². The Labute approximate surface area is 162 Å². The van der Waals surface area contributed by atoms with Gasteiger partial charge in [-0.1, -0.05) is 43.3 Å². The molecule has 27 heavy (non-hydrogen) atoms. The predicted octanol–water partition coefficient (Wildman–Crippen LogP) is 3.69. The van der Waals surface area contributed by atoms with Gasteiger partial charge in [0.15, 0.2) is 0 Å². The van der Waals surface area contributed by atoms with E-state index >= 15 is 0 Å². The Balaban J connectivity index is 1.44. The monoisotopic (exact) mass is 369 g/mol. The Morgan fingerprint density at radius 1 is 1.11 bits per heavy atom. The minimum Gasteiger partial charge on any atom is -0.361 e. The molecule has 0 aliphatic carbocycles. The minimum absolute atomic E-state index is 0.264. The lowest BCUT2D eigenvalue weighted by Crippen LogP contribution is -2.48. The Bertz CT molecular complexity index is 737. The van der Waals surface area contributed by atoms with Crippen molar-refractivity contribution in [1.29, 1.82) is 0 Å². The maximum atomic E-state index is 12.6. The van der Waals surface area contributed by atoms with E-state index in [4.69, 9.17) is 4.52 Å². The molecule has 5 heteroatoms. The molecule has 1 aliphatic heterocycles. The van der Waals surface area contributed by atoms with E-state index in [0.29, 0.717) is 12.3 Å². The highest BCUT2D eigenvalue weighted by Gasteiger charge is 2.22. The number of aromatic nitrogens is 1. The minimum atomic E-state index is 0.264. The van der Waals surface area contributed by atoms with Crippen molar-refractivity contribution in [2.24, 2.45) is 0 Å². The molecule has 0 radical (unpaired) electrons. The van der Waals surface area contributed by atoms with E-state index in [1.807, 2.05) is 18.7 Å². The van der Waals surface area contributed by atoms with E-state index < -0.39 is 0 Å². The summed E-state index contributed by atoms with van der Waals surface area (Å²) in [6.45, 7) is 12.6. The van der Waals surface area contributed by atoms with Crippen LogP contribution in [0.4, 0.5) is 0 Å². The summed E-state index contributed by atoms with van der Waals surface area (Å²) in [5, 5.41) is 4.03. The lowest BCUT2D eigenvalue weighted by Gasteiger charge is -2.34. The summed E-state index contributed by atoms with van der Waals surface area (Å²) in [6, 6.07) is 8.67. The van der Waals surface area contributed by atoms with Gasteiger partial charge in [-0.15, -0.1) is 0 Å². The molecule has 1 aliphatic rings. The van der Waals surface area contributed by atoms with Crippen molar-refractivity contribution in [1.82, 2.24) is 15.0 Å². The average Bonchev–Trinajstić information content (AvgIpc) is 2.99. The zero-order valence-corrected chi connectivity index (χ0v) is 17.0. The molecule has 0 spiro atoms. The van der Waals surface area contributed by atoms with Gasteiger partial charge in [-0.2, -0.15) is 0 Å². The number of carbonyl (C=O) groups is 1. The highest BCUT2D eigenvalue weighted by atomic mass is 16.5. The molecular formula is C22H31N3O2. The molecule has 1 saturated heterocycles. The lowest BCUT2D eigenvalue weighted by molar-refractivity contribution is -0.133. The van der Waals surface area contributed by atoms with Crippen LogP contribution in [0.1, 0.15) is 54.3 Å². The van der Waals surface area contributed by atoms with Crippen molar-refractivity contribution in [2.45, 2.75) is 53.0 Å². The molecule has 0 unspecified atom stereocenters. The third-order valence-electron chi connectivity index (χ3n) is 5.56. The summed E-state index contributed by atoms with van der Waals surface area (Å²) in [4.78, 5) is 16.9. The van der Waals surface area contributed by atoms with Crippen LogP contribution in [-0.4, -0.2) is 47.0 Å². The molecule has 3 rings (SSSR count). The third-order valence-corrected chi connectivity index (χ3v) is 5.56. The molecule has 1 fully saturated rings. The standard InChI is InChI=1S/C22H31N3O2/c1-16(2)20-8-5-19(6-9-20)7-10-22(26)25-13-11-24(12-14-25)15-21-17(3)23-27-18(21)4/h5-6,8-9,16H,7,10-15H2,1-4H3. The van der Waals surface area contributed by atoms with Crippen LogP contribution in [0.2, 0.25) is 0 Å². The average molecular weight is 370 g/mol. The van der Waals surface area contributed by atoms with Gasteiger partial charge in [-0.3, -0.25) is 9.69 Å². The van der Waals surface area contributed by atoms with E-state index in [1.165, 1.54) is 16.7 Å². The van der Waals surface area contributed by atoms with Crippen molar-refractivity contribution in [3.63, 3.8) is 0 Å². The van der Waals surface area contributed by atoms with E-state index in [9.17, 15) is 4.79 Å². The molecule has 146 valence electrons. The molecular weight excluding hydrogens is 338 g/mol. The van der Waals surface area contributed by atoms with Crippen molar-refractivity contribution in [3.05, 3.63) is 52.4 Å². The molecule has 2 heterocycles. The number of hydrogen-bond donors (Lipinski definition) is 0.